The molecule has 178 valence electrons. The molecule has 3 aromatic carbocycles. The fourth-order valence-electron chi connectivity index (χ4n) is 4.64. The summed E-state index contributed by atoms with van der Waals surface area (Å²) < 4.78 is 18.9. The van der Waals surface area contributed by atoms with Gasteiger partial charge < -0.3 is 19.9 Å². The Morgan fingerprint density at radius 2 is 1.91 bits per heavy atom. The number of aromatic amines is 1. The molecule has 6 nitrogen and oxygen atoms in total. The van der Waals surface area contributed by atoms with Crippen LogP contribution in [-0.4, -0.2) is 35.0 Å². The minimum absolute atomic E-state index is 0.229. The van der Waals surface area contributed by atoms with Crippen molar-refractivity contribution in [3.63, 3.8) is 0 Å². The first-order chi connectivity index (χ1) is 17.0. The van der Waals surface area contributed by atoms with Gasteiger partial charge in [-0.2, -0.15) is 0 Å². The summed E-state index contributed by atoms with van der Waals surface area (Å²) in [5.41, 5.74) is 4.25. The highest BCUT2D eigenvalue weighted by atomic mass is 35.5. The fourth-order valence-corrected chi connectivity index (χ4v) is 4.81. The number of para-hydroxylation sites is 1. The van der Waals surface area contributed by atoms with E-state index in [4.69, 9.17) is 16.3 Å². The Kier molecular flexibility index (Phi) is 6.17. The van der Waals surface area contributed by atoms with E-state index in [1.54, 1.807) is 48.2 Å². The zero-order valence-electron chi connectivity index (χ0n) is 19.0. The number of urea groups is 1. The SMILES string of the molecule is CCOC(=O)c1ccccc1NC(=O)N1CCc2c([nH]c3ccc(Cl)cc23)C1c1ccc(F)cc1. The van der Waals surface area contributed by atoms with Crippen LogP contribution in [0, 0.1) is 5.82 Å². The van der Waals surface area contributed by atoms with E-state index in [1.807, 2.05) is 18.2 Å². The van der Waals surface area contributed by atoms with Crippen molar-refractivity contribution < 1.29 is 18.7 Å². The first-order valence-corrected chi connectivity index (χ1v) is 11.7. The molecule has 0 saturated heterocycles. The summed E-state index contributed by atoms with van der Waals surface area (Å²) >= 11 is 6.25. The number of rotatable bonds is 4. The van der Waals surface area contributed by atoms with Gasteiger partial charge in [0.05, 0.1) is 23.9 Å². The van der Waals surface area contributed by atoms with Crippen LogP contribution in [-0.2, 0) is 11.2 Å². The Morgan fingerprint density at radius 3 is 2.69 bits per heavy atom. The number of nitrogens with zero attached hydrogens (tertiary/aromatic N) is 1. The summed E-state index contributed by atoms with van der Waals surface area (Å²) in [4.78, 5) is 31.1. The van der Waals surface area contributed by atoms with Crippen molar-refractivity contribution in [1.29, 1.82) is 0 Å². The number of aromatic nitrogens is 1. The number of esters is 1. The number of amides is 2. The molecule has 2 amide bonds. The number of carbonyl (C=O) groups is 2. The zero-order chi connectivity index (χ0) is 24.5. The number of anilines is 1. The maximum absolute atomic E-state index is 13.7. The number of halogens is 2. The Bertz CT molecular complexity index is 1420. The average molecular weight is 492 g/mol. The highest BCUT2D eigenvalue weighted by Crippen LogP contribution is 2.39. The third-order valence-electron chi connectivity index (χ3n) is 6.20. The van der Waals surface area contributed by atoms with E-state index in [9.17, 15) is 14.0 Å². The Balaban J connectivity index is 1.55. The summed E-state index contributed by atoms with van der Waals surface area (Å²) in [6.07, 6.45) is 0.611. The van der Waals surface area contributed by atoms with Gasteiger partial charge in [-0.15, -0.1) is 0 Å². The lowest BCUT2D eigenvalue weighted by Crippen LogP contribution is -2.43. The molecule has 2 heterocycles. The van der Waals surface area contributed by atoms with Crippen molar-refractivity contribution in [3.05, 3.63) is 100.0 Å². The molecule has 0 aliphatic carbocycles. The van der Waals surface area contributed by atoms with Gasteiger partial charge in [0.2, 0.25) is 0 Å². The highest BCUT2D eigenvalue weighted by molar-refractivity contribution is 6.31. The lowest BCUT2D eigenvalue weighted by Gasteiger charge is -2.36. The van der Waals surface area contributed by atoms with E-state index in [-0.39, 0.29) is 24.0 Å². The van der Waals surface area contributed by atoms with Crippen LogP contribution in [0.15, 0.2) is 66.7 Å². The van der Waals surface area contributed by atoms with Crippen molar-refractivity contribution in [2.24, 2.45) is 0 Å². The highest BCUT2D eigenvalue weighted by Gasteiger charge is 2.35. The molecule has 1 aromatic heterocycles. The van der Waals surface area contributed by atoms with Crippen LogP contribution < -0.4 is 5.32 Å². The van der Waals surface area contributed by atoms with E-state index in [0.29, 0.717) is 23.7 Å². The lowest BCUT2D eigenvalue weighted by atomic mass is 9.92. The number of benzene rings is 3. The largest absolute Gasteiger partial charge is 0.462 e. The molecule has 0 bridgehead atoms. The maximum Gasteiger partial charge on any atom is 0.340 e. The minimum atomic E-state index is -0.507. The van der Waals surface area contributed by atoms with E-state index in [1.165, 1.54) is 12.1 Å². The van der Waals surface area contributed by atoms with Crippen LogP contribution in [0.5, 0.6) is 0 Å². The molecule has 4 aromatic rings. The van der Waals surface area contributed by atoms with Crippen LogP contribution in [0.3, 0.4) is 0 Å². The topological polar surface area (TPSA) is 74.4 Å². The predicted molar refractivity (Wildman–Crippen MR) is 133 cm³/mol. The number of H-pyrrole nitrogens is 1. The molecule has 1 aliphatic heterocycles. The quantitative estimate of drug-likeness (QED) is 0.328. The monoisotopic (exact) mass is 491 g/mol. The van der Waals surface area contributed by atoms with E-state index in [2.05, 4.69) is 10.3 Å². The van der Waals surface area contributed by atoms with Crippen LogP contribution >= 0.6 is 11.6 Å². The first-order valence-electron chi connectivity index (χ1n) is 11.4. The molecular weight excluding hydrogens is 469 g/mol. The van der Waals surface area contributed by atoms with Crippen LogP contribution in [0.1, 0.15) is 40.1 Å². The van der Waals surface area contributed by atoms with Gasteiger partial charge in [0.25, 0.3) is 0 Å². The van der Waals surface area contributed by atoms with Crippen molar-refractivity contribution in [1.82, 2.24) is 9.88 Å². The summed E-state index contributed by atoms with van der Waals surface area (Å²) in [6, 6.07) is 17.6. The van der Waals surface area contributed by atoms with Crippen molar-refractivity contribution in [2.75, 3.05) is 18.5 Å². The minimum Gasteiger partial charge on any atom is -0.462 e. The number of hydrogen-bond donors (Lipinski definition) is 2. The van der Waals surface area contributed by atoms with E-state index >= 15 is 0 Å². The predicted octanol–water partition coefficient (Wildman–Crippen LogP) is 6.32. The van der Waals surface area contributed by atoms with Gasteiger partial charge in [0, 0.05) is 28.2 Å². The number of hydrogen-bond acceptors (Lipinski definition) is 3. The standard InChI is InChI=1S/C27H23ClFN3O3/c1-2-35-26(33)20-5-3-4-6-22(20)31-27(34)32-14-13-19-21-15-17(28)9-12-23(21)30-24(19)25(32)16-7-10-18(29)11-8-16/h3-12,15,25,30H,2,13-14H2,1H3,(H,31,34). The number of carbonyl (C=O) groups excluding carboxylic acids is 2. The third kappa shape index (κ3) is 4.35. The molecule has 2 N–H and O–H groups in total. The molecule has 1 unspecified atom stereocenters. The molecule has 0 spiro atoms. The average Bonchev–Trinajstić information content (AvgIpc) is 3.22. The zero-order valence-corrected chi connectivity index (χ0v) is 19.7. The second-order valence-corrected chi connectivity index (χ2v) is 8.74. The summed E-state index contributed by atoms with van der Waals surface area (Å²) in [5, 5.41) is 4.52. The third-order valence-corrected chi connectivity index (χ3v) is 6.43. The van der Waals surface area contributed by atoms with Gasteiger partial charge in [-0.05, 0) is 66.9 Å². The van der Waals surface area contributed by atoms with E-state index in [0.717, 1.165) is 27.7 Å². The van der Waals surface area contributed by atoms with Gasteiger partial charge in [-0.25, -0.2) is 14.0 Å². The number of fused-ring (bicyclic) bond motifs is 3. The summed E-state index contributed by atoms with van der Waals surface area (Å²) in [7, 11) is 0. The van der Waals surface area contributed by atoms with Crippen molar-refractivity contribution >= 4 is 40.2 Å². The Labute approximate surface area is 206 Å². The molecule has 5 rings (SSSR count). The van der Waals surface area contributed by atoms with Gasteiger partial charge in [0.15, 0.2) is 0 Å². The summed E-state index contributed by atoms with van der Waals surface area (Å²) in [5.74, 6) is -0.862. The first kappa shape index (κ1) is 22.9. The van der Waals surface area contributed by atoms with Crippen molar-refractivity contribution in [2.45, 2.75) is 19.4 Å². The van der Waals surface area contributed by atoms with Crippen LogP contribution in [0.25, 0.3) is 10.9 Å². The second-order valence-electron chi connectivity index (χ2n) is 8.30. The van der Waals surface area contributed by atoms with Gasteiger partial charge in [-0.1, -0.05) is 35.9 Å². The molecule has 1 aliphatic rings. The number of nitrogens with one attached hydrogen (secondary N) is 2. The maximum atomic E-state index is 13.7. The molecular formula is C27H23ClFN3O3. The normalized spacial score (nSPS) is 15.1. The Morgan fingerprint density at radius 1 is 1.14 bits per heavy atom. The molecule has 8 heteroatoms. The van der Waals surface area contributed by atoms with Gasteiger partial charge >= 0.3 is 12.0 Å². The lowest BCUT2D eigenvalue weighted by molar-refractivity contribution is 0.0527. The fraction of sp³-hybridized carbons (Fsp3) is 0.185. The molecule has 35 heavy (non-hydrogen) atoms. The molecule has 0 fully saturated rings. The van der Waals surface area contributed by atoms with E-state index < -0.39 is 12.0 Å². The smallest absolute Gasteiger partial charge is 0.340 e. The van der Waals surface area contributed by atoms with Crippen molar-refractivity contribution in [3.8, 4) is 0 Å². The molecule has 0 saturated carbocycles. The van der Waals surface area contributed by atoms with Crippen LogP contribution in [0.4, 0.5) is 14.9 Å². The molecule has 0 radical (unpaired) electrons. The van der Waals surface area contributed by atoms with Gasteiger partial charge in [-0.3, -0.25) is 0 Å². The van der Waals surface area contributed by atoms with Crippen LogP contribution in [0.2, 0.25) is 5.02 Å². The Hall–Kier alpha value is -3.84. The second kappa shape index (κ2) is 9.43. The molecule has 1 atom stereocenters. The summed E-state index contributed by atoms with van der Waals surface area (Å²) in [6.45, 7) is 2.38. The number of ether oxygens (including phenoxy) is 1. The van der Waals surface area contributed by atoms with Gasteiger partial charge in [0.1, 0.15) is 5.82 Å².